The molecule has 1 aliphatic rings. The van der Waals surface area contributed by atoms with E-state index in [0.29, 0.717) is 0 Å². The number of imidazole rings is 1. The Balaban J connectivity index is 1.41. The van der Waals surface area contributed by atoms with Crippen LogP contribution in [-0.4, -0.2) is 27.8 Å². The zero-order chi connectivity index (χ0) is 24.7. The largest absolute Gasteiger partial charge is 0.454 e. The van der Waals surface area contributed by atoms with E-state index in [4.69, 9.17) is 26.1 Å². The zero-order valence-electron chi connectivity index (χ0n) is 20.7. The van der Waals surface area contributed by atoms with Gasteiger partial charge >= 0.3 is 0 Å². The fourth-order valence-corrected chi connectivity index (χ4v) is 4.87. The second-order valence-electron chi connectivity index (χ2n) is 9.18. The van der Waals surface area contributed by atoms with E-state index in [1.165, 1.54) is 16.8 Å². The summed E-state index contributed by atoms with van der Waals surface area (Å²) in [6.45, 7) is 5.93. The van der Waals surface area contributed by atoms with Gasteiger partial charge in [0.05, 0.1) is 11.9 Å². The van der Waals surface area contributed by atoms with Crippen molar-refractivity contribution >= 4 is 11.6 Å². The predicted molar refractivity (Wildman–Crippen MR) is 144 cm³/mol. The molecule has 36 heavy (non-hydrogen) atoms. The Hall–Kier alpha value is -3.28. The van der Waals surface area contributed by atoms with Crippen LogP contribution >= 0.6 is 11.6 Å². The molecule has 0 bridgehead atoms. The maximum Gasteiger partial charge on any atom is 0.231 e. The molecular weight excluding hydrogens is 470 g/mol. The van der Waals surface area contributed by atoms with Crippen LogP contribution in [0.4, 0.5) is 0 Å². The van der Waals surface area contributed by atoms with Crippen molar-refractivity contribution in [2.24, 2.45) is 0 Å². The Labute approximate surface area is 218 Å². The molecule has 2 heterocycles. The fraction of sp³-hybridized carbons (Fsp3) is 0.300. The lowest BCUT2D eigenvalue weighted by Gasteiger charge is -2.24. The number of fused-ring (bicyclic) bond motifs is 1. The molecule has 0 fully saturated rings. The van der Waals surface area contributed by atoms with Crippen molar-refractivity contribution in [3.63, 3.8) is 0 Å². The van der Waals surface area contributed by atoms with Crippen LogP contribution in [0.1, 0.15) is 36.6 Å². The molecule has 6 heteroatoms. The van der Waals surface area contributed by atoms with Gasteiger partial charge in [-0.05, 0) is 42.2 Å². The van der Waals surface area contributed by atoms with Gasteiger partial charge in [-0.2, -0.15) is 0 Å². The molecule has 1 aromatic heterocycles. The van der Waals surface area contributed by atoms with E-state index in [2.05, 4.69) is 64.9 Å². The summed E-state index contributed by atoms with van der Waals surface area (Å²) in [6.07, 6.45) is 5.17. The highest BCUT2D eigenvalue weighted by molar-refractivity contribution is 6.31. The Kier molecular flexibility index (Phi) is 7.89. The van der Waals surface area contributed by atoms with Gasteiger partial charge in [0.25, 0.3) is 0 Å². The van der Waals surface area contributed by atoms with Crippen molar-refractivity contribution in [3.05, 3.63) is 101 Å². The van der Waals surface area contributed by atoms with E-state index < -0.39 is 0 Å². The smallest absolute Gasteiger partial charge is 0.231 e. The summed E-state index contributed by atoms with van der Waals surface area (Å²) in [5, 5.41) is 0.819. The van der Waals surface area contributed by atoms with Gasteiger partial charge in [-0.15, -0.1) is 0 Å². The summed E-state index contributed by atoms with van der Waals surface area (Å²) in [7, 11) is 0. The molecule has 0 spiro atoms. The highest BCUT2D eigenvalue weighted by atomic mass is 35.5. The third kappa shape index (κ3) is 5.75. The molecule has 0 saturated heterocycles. The Bertz CT molecular complexity index is 1290. The molecule has 0 amide bonds. The van der Waals surface area contributed by atoms with E-state index >= 15 is 0 Å². The van der Waals surface area contributed by atoms with E-state index in [1.807, 2.05) is 30.5 Å². The fourth-order valence-electron chi connectivity index (χ4n) is 4.64. The van der Waals surface area contributed by atoms with Crippen molar-refractivity contribution in [2.45, 2.75) is 45.8 Å². The molecule has 0 atom stereocenters. The minimum atomic E-state index is 0.286. The average molecular weight is 502 g/mol. The first-order chi connectivity index (χ1) is 17.7. The lowest BCUT2D eigenvalue weighted by atomic mass is 10.1. The van der Waals surface area contributed by atoms with E-state index in [1.54, 1.807) is 0 Å². The standard InChI is InChI=1S/C30H32ClN3O2/c1-2-3-16-34-26(19-32-30(34)25-10-5-4-6-11-25)21-33(17-15-24-9-7-8-12-27(24)31)20-23-13-14-28-29(18-23)36-22-35-28/h4-14,18-19H,2-3,15-17,20-22H2,1H3. The monoisotopic (exact) mass is 501 g/mol. The first-order valence-corrected chi connectivity index (χ1v) is 13.0. The molecule has 0 radical (unpaired) electrons. The summed E-state index contributed by atoms with van der Waals surface area (Å²) < 4.78 is 13.5. The zero-order valence-corrected chi connectivity index (χ0v) is 21.5. The van der Waals surface area contributed by atoms with Gasteiger partial charge in [0.1, 0.15) is 5.82 Å². The number of hydrogen-bond donors (Lipinski definition) is 0. The van der Waals surface area contributed by atoms with Gasteiger partial charge in [0.15, 0.2) is 11.5 Å². The van der Waals surface area contributed by atoms with Gasteiger partial charge in [0.2, 0.25) is 6.79 Å². The SMILES string of the molecule is CCCCn1c(CN(CCc2ccccc2Cl)Cc2ccc3c(c2)OCO3)cnc1-c1ccccc1. The average Bonchev–Trinajstić information content (AvgIpc) is 3.54. The minimum Gasteiger partial charge on any atom is -0.454 e. The van der Waals surface area contributed by atoms with Gasteiger partial charge in [-0.25, -0.2) is 4.98 Å². The highest BCUT2D eigenvalue weighted by Gasteiger charge is 2.18. The first-order valence-electron chi connectivity index (χ1n) is 12.7. The second-order valence-corrected chi connectivity index (χ2v) is 9.59. The Morgan fingerprint density at radius 2 is 1.75 bits per heavy atom. The molecular formula is C30H32ClN3O2. The van der Waals surface area contributed by atoms with Crippen LogP contribution in [0.3, 0.4) is 0 Å². The lowest BCUT2D eigenvalue weighted by molar-refractivity contribution is 0.174. The molecule has 0 saturated carbocycles. The summed E-state index contributed by atoms with van der Waals surface area (Å²) in [4.78, 5) is 7.33. The van der Waals surface area contributed by atoms with Crippen LogP contribution in [0.15, 0.2) is 79.0 Å². The number of hydrogen-bond acceptors (Lipinski definition) is 4. The minimum absolute atomic E-state index is 0.286. The normalized spacial score (nSPS) is 12.4. The Morgan fingerprint density at radius 3 is 2.58 bits per heavy atom. The van der Waals surface area contributed by atoms with Gasteiger partial charge in [-0.3, -0.25) is 4.90 Å². The summed E-state index contributed by atoms with van der Waals surface area (Å²) in [6, 6.07) is 24.8. The van der Waals surface area contributed by atoms with Crippen LogP contribution in [-0.2, 0) is 26.1 Å². The quantitative estimate of drug-likeness (QED) is 0.222. The second kappa shape index (κ2) is 11.6. The number of rotatable bonds is 11. The maximum atomic E-state index is 6.48. The number of halogens is 1. The van der Waals surface area contributed by atoms with E-state index in [0.717, 1.165) is 73.4 Å². The third-order valence-electron chi connectivity index (χ3n) is 6.59. The van der Waals surface area contributed by atoms with E-state index in [9.17, 15) is 0 Å². The van der Waals surface area contributed by atoms with Crippen molar-refractivity contribution in [3.8, 4) is 22.9 Å². The van der Waals surface area contributed by atoms with Crippen LogP contribution in [0.2, 0.25) is 5.02 Å². The van der Waals surface area contributed by atoms with Crippen LogP contribution < -0.4 is 9.47 Å². The first kappa shape index (κ1) is 24.4. The molecule has 1 aliphatic heterocycles. The molecule has 0 N–H and O–H groups in total. The molecule has 0 aliphatic carbocycles. The van der Waals surface area contributed by atoms with E-state index in [-0.39, 0.29) is 6.79 Å². The summed E-state index contributed by atoms with van der Waals surface area (Å²) in [5.74, 6) is 2.66. The van der Waals surface area contributed by atoms with Crippen molar-refractivity contribution < 1.29 is 9.47 Å². The molecule has 186 valence electrons. The number of nitrogens with zero attached hydrogens (tertiary/aromatic N) is 3. The van der Waals surface area contributed by atoms with Gasteiger partial charge in [0, 0.05) is 36.8 Å². The third-order valence-corrected chi connectivity index (χ3v) is 6.96. The van der Waals surface area contributed by atoms with Crippen LogP contribution in [0.5, 0.6) is 11.5 Å². The number of aromatic nitrogens is 2. The summed E-state index contributed by atoms with van der Waals surface area (Å²) in [5.41, 5.74) is 4.74. The van der Waals surface area contributed by atoms with Crippen molar-refractivity contribution in [1.29, 1.82) is 0 Å². The van der Waals surface area contributed by atoms with Gasteiger partial charge < -0.3 is 14.0 Å². The topological polar surface area (TPSA) is 39.5 Å². The molecule has 4 aromatic rings. The number of unbranched alkanes of at least 4 members (excludes halogenated alkanes) is 1. The predicted octanol–water partition coefficient (Wildman–Crippen LogP) is 6.98. The lowest BCUT2D eigenvalue weighted by Crippen LogP contribution is -2.27. The van der Waals surface area contributed by atoms with Crippen LogP contribution in [0.25, 0.3) is 11.4 Å². The molecule has 3 aromatic carbocycles. The Morgan fingerprint density at radius 1 is 0.944 bits per heavy atom. The maximum absolute atomic E-state index is 6.48. The number of ether oxygens (including phenoxy) is 2. The van der Waals surface area contributed by atoms with Crippen molar-refractivity contribution in [1.82, 2.24) is 14.5 Å². The molecule has 5 rings (SSSR count). The van der Waals surface area contributed by atoms with Crippen molar-refractivity contribution in [2.75, 3.05) is 13.3 Å². The van der Waals surface area contributed by atoms with Crippen LogP contribution in [0, 0.1) is 0 Å². The van der Waals surface area contributed by atoms with Gasteiger partial charge in [-0.1, -0.05) is 79.5 Å². The number of benzene rings is 3. The molecule has 0 unspecified atom stereocenters. The summed E-state index contributed by atoms with van der Waals surface area (Å²) >= 11 is 6.48. The molecule has 5 nitrogen and oxygen atoms in total. The highest BCUT2D eigenvalue weighted by Crippen LogP contribution is 2.33.